The first kappa shape index (κ1) is 13.5. The average molecular weight is 299 g/mol. The van der Waals surface area contributed by atoms with E-state index in [4.69, 9.17) is 5.11 Å². The maximum absolute atomic E-state index is 11.5. The maximum atomic E-state index is 11.5. The van der Waals surface area contributed by atoms with Crippen LogP contribution in [0.25, 0.3) is 0 Å². The second-order valence-electron chi connectivity index (χ2n) is 5.58. The molecule has 1 N–H and O–H groups in total. The summed E-state index contributed by atoms with van der Waals surface area (Å²) in [7, 11) is -2.90. The van der Waals surface area contributed by atoms with Gasteiger partial charge in [-0.2, -0.15) is 0 Å². The molecule has 0 spiro atoms. The number of hydrogen-bond acceptors (Lipinski definition) is 5. The third-order valence-electron chi connectivity index (χ3n) is 4.24. The van der Waals surface area contributed by atoms with Gasteiger partial charge in [-0.3, -0.25) is 4.79 Å². The van der Waals surface area contributed by atoms with Gasteiger partial charge in [0, 0.05) is 18.9 Å². The van der Waals surface area contributed by atoms with E-state index in [1.165, 1.54) is 0 Å². The number of aryl methyl sites for hydroxylation is 1. The number of rotatable bonds is 2. The molecule has 0 amide bonds. The molecule has 0 aliphatic carbocycles. The number of carboxylic acids is 1. The fourth-order valence-electron chi connectivity index (χ4n) is 3.00. The highest BCUT2D eigenvalue weighted by atomic mass is 32.2. The van der Waals surface area contributed by atoms with Crippen molar-refractivity contribution >= 4 is 15.8 Å². The Morgan fingerprint density at radius 1 is 1.20 bits per heavy atom. The second-order valence-corrected chi connectivity index (χ2v) is 7.89. The van der Waals surface area contributed by atoms with Crippen molar-refractivity contribution in [3.05, 3.63) is 11.6 Å². The molecule has 8 heteroatoms. The van der Waals surface area contributed by atoms with Crippen LogP contribution in [0.1, 0.15) is 36.8 Å². The summed E-state index contributed by atoms with van der Waals surface area (Å²) in [6.45, 7) is 0.399. The van der Waals surface area contributed by atoms with Crippen LogP contribution in [0.5, 0.6) is 0 Å². The number of fused-ring (bicyclic) bond motifs is 1. The lowest BCUT2D eigenvalue weighted by Gasteiger charge is -2.25. The Bertz CT molecular complexity index is 623. The monoisotopic (exact) mass is 299 g/mol. The van der Waals surface area contributed by atoms with Gasteiger partial charge in [-0.05, 0) is 19.3 Å². The van der Waals surface area contributed by atoms with Crippen molar-refractivity contribution in [2.24, 2.45) is 5.92 Å². The fraction of sp³-hybridized carbons (Fsp3) is 0.750. The van der Waals surface area contributed by atoms with Gasteiger partial charge in [-0.25, -0.2) is 8.42 Å². The largest absolute Gasteiger partial charge is 0.481 e. The number of carbonyl (C=O) groups is 1. The first-order valence-corrected chi connectivity index (χ1v) is 8.63. The molecule has 1 atom stereocenters. The van der Waals surface area contributed by atoms with Crippen molar-refractivity contribution in [2.75, 3.05) is 11.5 Å². The standard InChI is InChI=1S/C12H17N3O4S/c16-12(17)9-1-2-10-13-14-11(15(10)7-9)8-3-5-20(18,19)6-4-8/h8-9H,1-7H2,(H,16,17). The molecule has 3 rings (SSSR count). The summed E-state index contributed by atoms with van der Waals surface area (Å²) in [5.74, 6) is 0.843. The predicted octanol–water partition coefficient (Wildman–Crippen LogP) is 0.217. The van der Waals surface area contributed by atoms with Crippen LogP contribution in [0, 0.1) is 5.92 Å². The number of aliphatic carboxylic acids is 1. The highest BCUT2D eigenvalue weighted by Crippen LogP contribution is 2.31. The van der Waals surface area contributed by atoms with Crippen LogP contribution in [0.4, 0.5) is 0 Å². The Hall–Kier alpha value is -1.44. The van der Waals surface area contributed by atoms with E-state index in [9.17, 15) is 13.2 Å². The van der Waals surface area contributed by atoms with Crippen molar-refractivity contribution in [3.8, 4) is 0 Å². The summed E-state index contributed by atoms with van der Waals surface area (Å²) in [5, 5.41) is 17.5. The van der Waals surface area contributed by atoms with E-state index >= 15 is 0 Å². The molecule has 2 aliphatic heterocycles. The molecule has 0 bridgehead atoms. The first-order chi connectivity index (χ1) is 9.46. The van der Waals surface area contributed by atoms with Gasteiger partial charge in [0.1, 0.15) is 21.5 Å². The molecule has 20 heavy (non-hydrogen) atoms. The van der Waals surface area contributed by atoms with Gasteiger partial charge in [0.05, 0.1) is 17.4 Å². The SMILES string of the molecule is O=C(O)C1CCc2nnc(C3CCS(=O)(=O)CC3)n2C1. The molecule has 3 heterocycles. The van der Waals surface area contributed by atoms with Crippen LogP contribution in [-0.4, -0.2) is 45.8 Å². The van der Waals surface area contributed by atoms with Crippen LogP contribution in [-0.2, 0) is 27.6 Å². The lowest BCUT2D eigenvalue weighted by molar-refractivity contribution is -0.142. The summed E-state index contributed by atoms with van der Waals surface area (Å²) in [4.78, 5) is 11.1. The molecule has 0 aromatic carbocycles. The summed E-state index contributed by atoms with van der Waals surface area (Å²) in [6, 6.07) is 0. The molecule has 0 radical (unpaired) electrons. The van der Waals surface area contributed by atoms with Gasteiger partial charge >= 0.3 is 5.97 Å². The quantitative estimate of drug-likeness (QED) is 0.838. The van der Waals surface area contributed by atoms with Gasteiger partial charge < -0.3 is 9.67 Å². The van der Waals surface area contributed by atoms with Crippen LogP contribution >= 0.6 is 0 Å². The zero-order valence-electron chi connectivity index (χ0n) is 11.0. The molecule has 1 unspecified atom stereocenters. The molecular weight excluding hydrogens is 282 g/mol. The third-order valence-corrected chi connectivity index (χ3v) is 5.96. The van der Waals surface area contributed by atoms with Crippen molar-refractivity contribution < 1.29 is 18.3 Å². The van der Waals surface area contributed by atoms with E-state index in [0.717, 1.165) is 11.6 Å². The first-order valence-electron chi connectivity index (χ1n) is 6.81. The summed E-state index contributed by atoms with van der Waals surface area (Å²) in [6.07, 6.45) is 2.32. The van der Waals surface area contributed by atoms with Crippen LogP contribution < -0.4 is 0 Å². The van der Waals surface area contributed by atoms with E-state index in [1.807, 2.05) is 4.57 Å². The van der Waals surface area contributed by atoms with E-state index in [0.29, 0.717) is 32.2 Å². The Labute approximate surface area is 116 Å². The van der Waals surface area contributed by atoms with Crippen molar-refractivity contribution in [2.45, 2.75) is 38.1 Å². The molecule has 1 fully saturated rings. The lowest BCUT2D eigenvalue weighted by atomic mass is 9.97. The zero-order valence-corrected chi connectivity index (χ0v) is 11.8. The smallest absolute Gasteiger partial charge is 0.308 e. The highest BCUT2D eigenvalue weighted by molar-refractivity contribution is 7.91. The van der Waals surface area contributed by atoms with Crippen LogP contribution in [0.2, 0.25) is 0 Å². The van der Waals surface area contributed by atoms with Crippen molar-refractivity contribution in [3.63, 3.8) is 0 Å². The van der Waals surface area contributed by atoms with Gasteiger partial charge in [0.2, 0.25) is 0 Å². The maximum Gasteiger partial charge on any atom is 0.308 e. The molecule has 110 valence electrons. The van der Waals surface area contributed by atoms with E-state index < -0.39 is 21.7 Å². The second kappa shape index (κ2) is 4.83. The summed E-state index contributed by atoms with van der Waals surface area (Å²) >= 11 is 0. The number of nitrogens with zero attached hydrogens (tertiary/aromatic N) is 3. The third kappa shape index (κ3) is 2.44. The highest BCUT2D eigenvalue weighted by Gasteiger charge is 2.32. The number of carboxylic acid groups (broad SMARTS) is 1. The van der Waals surface area contributed by atoms with Crippen molar-refractivity contribution in [1.29, 1.82) is 0 Å². The van der Waals surface area contributed by atoms with Gasteiger partial charge in [0.25, 0.3) is 0 Å². The Morgan fingerprint density at radius 2 is 1.90 bits per heavy atom. The van der Waals surface area contributed by atoms with Gasteiger partial charge in [0.15, 0.2) is 0 Å². The van der Waals surface area contributed by atoms with Gasteiger partial charge in [-0.1, -0.05) is 0 Å². The minimum atomic E-state index is -2.90. The molecule has 2 aliphatic rings. The lowest BCUT2D eigenvalue weighted by Crippen LogP contribution is -2.30. The molecular formula is C12H17N3O4S. The molecule has 1 saturated heterocycles. The summed E-state index contributed by atoms with van der Waals surface area (Å²) in [5.41, 5.74) is 0. The molecule has 0 saturated carbocycles. The fourth-order valence-corrected chi connectivity index (χ4v) is 4.49. The number of sulfone groups is 1. The topological polar surface area (TPSA) is 102 Å². The Morgan fingerprint density at radius 3 is 2.55 bits per heavy atom. The molecule has 1 aromatic rings. The molecule has 7 nitrogen and oxygen atoms in total. The minimum absolute atomic E-state index is 0.0762. The van der Waals surface area contributed by atoms with E-state index in [-0.39, 0.29) is 17.4 Å². The Balaban J connectivity index is 1.83. The zero-order chi connectivity index (χ0) is 14.3. The van der Waals surface area contributed by atoms with E-state index in [1.54, 1.807) is 0 Å². The van der Waals surface area contributed by atoms with Crippen LogP contribution in [0.15, 0.2) is 0 Å². The van der Waals surface area contributed by atoms with Crippen molar-refractivity contribution in [1.82, 2.24) is 14.8 Å². The minimum Gasteiger partial charge on any atom is -0.481 e. The molecule has 1 aromatic heterocycles. The van der Waals surface area contributed by atoms with Crippen LogP contribution in [0.3, 0.4) is 0 Å². The average Bonchev–Trinajstić information content (AvgIpc) is 2.81. The van der Waals surface area contributed by atoms with E-state index in [2.05, 4.69) is 10.2 Å². The number of hydrogen-bond donors (Lipinski definition) is 1. The predicted molar refractivity (Wildman–Crippen MR) is 70.1 cm³/mol. The van der Waals surface area contributed by atoms with Gasteiger partial charge in [-0.15, -0.1) is 10.2 Å². The Kier molecular flexibility index (Phi) is 3.27. The normalized spacial score (nSPS) is 26.1. The summed E-state index contributed by atoms with van der Waals surface area (Å²) < 4.78 is 24.8. The number of aromatic nitrogens is 3.